The zero-order valence-electron chi connectivity index (χ0n) is 24.6. The van der Waals surface area contributed by atoms with Gasteiger partial charge in [0.1, 0.15) is 16.4 Å². The summed E-state index contributed by atoms with van der Waals surface area (Å²) in [5.74, 6) is 1.78. The highest BCUT2D eigenvalue weighted by Crippen LogP contribution is 2.37. The molecule has 0 aliphatic carbocycles. The number of piperidine rings is 1. The maximum atomic E-state index is 13.1. The van der Waals surface area contributed by atoms with Gasteiger partial charge in [-0.2, -0.15) is 4.98 Å². The van der Waals surface area contributed by atoms with Gasteiger partial charge in [0.15, 0.2) is 9.84 Å². The van der Waals surface area contributed by atoms with Crippen molar-refractivity contribution in [3.05, 3.63) is 53.4 Å². The van der Waals surface area contributed by atoms with E-state index in [1.807, 2.05) is 30.5 Å². The van der Waals surface area contributed by atoms with E-state index in [0.29, 0.717) is 23.5 Å². The predicted molar refractivity (Wildman–Crippen MR) is 172 cm³/mol. The van der Waals surface area contributed by atoms with E-state index in [1.54, 1.807) is 39.2 Å². The number of aromatic nitrogens is 2. The lowest BCUT2D eigenvalue weighted by molar-refractivity contribution is 0.100. The number of hydrogen-bond acceptors (Lipinski definition) is 10. The van der Waals surface area contributed by atoms with E-state index in [0.717, 1.165) is 46.0 Å². The highest BCUT2D eigenvalue weighted by molar-refractivity contribution is 7.92. The lowest BCUT2D eigenvalue weighted by Gasteiger charge is -2.43. The van der Waals surface area contributed by atoms with Gasteiger partial charge >= 0.3 is 0 Å². The fourth-order valence-corrected chi connectivity index (χ4v) is 7.88. The molecule has 0 amide bonds. The van der Waals surface area contributed by atoms with E-state index >= 15 is 0 Å². The summed E-state index contributed by atoms with van der Waals surface area (Å²) >= 11 is 1.53. The second-order valence-corrected chi connectivity index (χ2v) is 14.7. The third-order valence-electron chi connectivity index (χ3n) is 8.33. The van der Waals surface area contributed by atoms with Crippen molar-refractivity contribution in [3.8, 4) is 5.75 Å². The Kier molecular flexibility index (Phi) is 7.99. The summed E-state index contributed by atoms with van der Waals surface area (Å²) in [7, 11) is -1.80. The highest BCUT2D eigenvalue weighted by atomic mass is 32.2. The summed E-state index contributed by atoms with van der Waals surface area (Å²) < 4.78 is 32.0. The van der Waals surface area contributed by atoms with Gasteiger partial charge in [0.25, 0.3) is 0 Å². The van der Waals surface area contributed by atoms with Crippen LogP contribution in [0.1, 0.15) is 38.7 Å². The van der Waals surface area contributed by atoms with Gasteiger partial charge in [0, 0.05) is 30.9 Å². The van der Waals surface area contributed by atoms with Crippen LogP contribution in [0.15, 0.2) is 52.7 Å². The molecule has 0 spiro atoms. The Hall–Kier alpha value is -3.41. The molecule has 0 bridgehead atoms. The maximum absolute atomic E-state index is 13.1. The Morgan fingerprint density at radius 3 is 2.48 bits per heavy atom. The summed E-state index contributed by atoms with van der Waals surface area (Å²) in [5, 5.41) is 9.05. The first-order valence-corrected chi connectivity index (χ1v) is 17.0. The molecule has 2 aliphatic heterocycles. The molecular formula is C31H38N6O3S2. The number of anilines is 5. The Morgan fingerprint density at radius 2 is 1.79 bits per heavy atom. The molecule has 2 aliphatic rings. The second kappa shape index (κ2) is 11.7. The number of ether oxygens (including phenoxy) is 1. The first-order valence-electron chi connectivity index (χ1n) is 14.5. The van der Waals surface area contributed by atoms with Crippen molar-refractivity contribution in [2.24, 2.45) is 0 Å². The summed E-state index contributed by atoms with van der Waals surface area (Å²) in [4.78, 5) is 15.7. The minimum Gasteiger partial charge on any atom is -0.495 e. The average Bonchev–Trinajstić information content (AvgIpc) is 3.33. The van der Waals surface area contributed by atoms with Gasteiger partial charge in [0.05, 0.1) is 34.0 Å². The first kappa shape index (κ1) is 28.7. The lowest BCUT2D eigenvalue weighted by atomic mass is 9.99. The molecule has 42 heavy (non-hydrogen) atoms. The molecule has 0 atom stereocenters. The van der Waals surface area contributed by atoms with Crippen LogP contribution in [0.2, 0.25) is 0 Å². The SMILES string of the molecule is COc1cc(Nc2nc(Nc3ccccc3S(=O)(=O)C(C)C)c3c(C)csc3n2)ccc1N1CCC(N2CCC2)CC1. The van der Waals surface area contributed by atoms with E-state index in [4.69, 9.17) is 14.7 Å². The fraction of sp³-hybridized carbons (Fsp3) is 0.419. The number of hydrogen-bond donors (Lipinski definition) is 2. The lowest BCUT2D eigenvalue weighted by Crippen LogP contribution is -2.50. The van der Waals surface area contributed by atoms with E-state index in [-0.39, 0.29) is 4.90 Å². The quantitative estimate of drug-likeness (QED) is 0.226. The van der Waals surface area contributed by atoms with Crippen LogP contribution in [0, 0.1) is 6.92 Å². The molecule has 4 heterocycles. The zero-order chi connectivity index (χ0) is 29.4. The first-order chi connectivity index (χ1) is 20.2. The number of methoxy groups -OCH3 is 1. The highest BCUT2D eigenvalue weighted by Gasteiger charge is 2.29. The van der Waals surface area contributed by atoms with E-state index in [1.165, 1.54) is 43.7 Å². The van der Waals surface area contributed by atoms with Crippen LogP contribution in [0.5, 0.6) is 5.75 Å². The van der Waals surface area contributed by atoms with Crippen molar-refractivity contribution >= 4 is 60.2 Å². The molecule has 4 aromatic rings. The number of rotatable bonds is 9. The van der Waals surface area contributed by atoms with Crippen LogP contribution in [0.4, 0.5) is 28.8 Å². The van der Waals surface area contributed by atoms with Crippen molar-refractivity contribution in [1.82, 2.24) is 14.9 Å². The van der Waals surface area contributed by atoms with Crippen molar-refractivity contribution in [1.29, 1.82) is 0 Å². The van der Waals surface area contributed by atoms with E-state index < -0.39 is 15.1 Å². The van der Waals surface area contributed by atoms with Crippen molar-refractivity contribution in [2.45, 2.75) is 56.2 Å². The van der Waals surface area contributed by atoms with Gasteiger partial charge < -0.3 is 25.2 Å². The molecular weight excluding hydrogens is 569 g/mol. The number of para-hydroxylation sites is 1. The van der Waals surface area contributed by atoms with Gasteiger partial charge in [-0.1, -0.05) is 12.1 Å². The summed E-state index contributed by atoms with van der Waals surface area (Å²) in [5.41, 5.74) is 3.43. The topological polar surface area (TPSA) is 99.7 Å². The van der Waals surface area contributed by atoms with Gasteiger partial charge in [-0.3, -0.25) is 0 Å². The fourth-order valence-electron chi connectivity index (χ4n) is 5.75. The van der Waals surface area contributed by atoms with Gasteiger partial charge in [-0.05, 0) is 88.3 Å². The van der Waals surface area contributed by atoms with Crippen LogP contribution in [0.3, 0.4) is 0 Å². The van der Waals surface area contributed by atoms with Gasteiger partial charge in [-0.15, -0.1) is 11.3 Å². The molecule has 2 aromatic heterocycles. The number of sulfone groups is 1. The molecule has 6 rings (SSSR count). The number of thiophene rings is 1. The van der Waals surface area contributed by atoms with Crippen LogP contribution in [-0.2, 0) is 9.84 Å². The van der Waals surface area contributed by atoms with Crippen molar-refractivity contribution in [3.63, 3.8) is 0 Å². The van der Waals surface area contributed by atoms with Crippen molar-refractivity contribution in [2.75, 3.05) is 48.8 Å². The Labute approximate surface area is 251 Å². The Bertz CT molecular complexity index is 1690. The molecule has 0 unspecified atom stereocenters. The number of benzene rings is 2. The predicted octanol–water partition coefficient (Wildman–Crippen LogP) is 6.35. The standard InChI is InChI=1S/C31H38N6O3S2/c1-20(2)42(38,39)27-9-6-5-8-24(27)33-29-28-21(3)19-41-30(28)35-31(34-29)32-22-10-11-25(26(18-22)40-4)37-16-12-23(13-17-37)36-14-7-15-36/h5-6,8-11,18-20,23H,7,12-17H2,1-4H3,(H2,32,33,34,35). The molecule has 9 nitrogen and oxygen atoms in total. The minimum absolute atomic E-state index is 0.253. The molecule has 0 saturated carbocycles. The molecule has 0 radical (unpaired) electrons. The smallest absolute Gasteiger partial charge is 0.230 e. The van der Waals surface area contributed by atoms with Crippen molar-refractivity contribution < 1.29 is 13.2 Å². The average molecular weight is 607 g/mol. The number of nitrogens with one attached hydrogen (secondary N) is 2. The maximum Gasteiger partial charge on any atom is 0.230 e. The number of aryl methyl sites for hydroxylation is 1. The normalized spacial score (nSPS) is 16.5. The molecule has 2 saturated heterocycles. The molecule has 222 valence electrons. The number of likely N-dealkylation sites (tertiary alicyclic amines) is 1. The summed E-state index contributed by atoms with van der Waals surface area (Å²) in [6, 6.07) is 13.8. The summed E-state index contributed by atoms with van der Waals surface area (Å²) in [6.07, 6.45) is 3.68. The second-order valence-electron chi connectivity index (χ2n) is 11.3. The van der Waals surface area contributed by atoms with E-state index in [9.17, 15) is 8.42 Å². The molecule has 2 aromatic carbocycles. The third kappa shape index (κ3) is 5.52. The van der Waals surface area contributed by atoms with Crippen LogP contribution >= 0.6 is 11.3 Å². The summed E-state index contributed by atoms with van der Waals surface area (Å²) in [6.45, 7) is 9.91. The third-order valence-corrected chi connectivity index (χ3v) is 11.5. The van der Waals surface area contributed by atoms with Crippen LogP contribution in [0.25, 0.3) is 10.2 Å². The van der Waals surface area contributed by atoms with Gasteiger partial charge in [0.2, 0.25) is 5.95 Å². The largest absolute Gasteiger partial charge is 0.495 e. The van der Waals surface area contributed by atoms with Gasteiger partial charge in [-0.25, -0.2) is 13.4 Å². The molecule has 11 heteroatoms. The van der Waals surface area contributed by atoms with E-state index in [2.05, 4.69) is 26.5 Å². The number of nitrogens with zero attached hydrogens (tertiary/aromatic N) is 4. The monoisotopic (exact) mass is 606 g/mol. The molecule has 2 fully saturated rings. The number of fused-ring (bicyclic) bond motifs is 1. The van der Waals surface area contributed by atoms with Crippen LogP contribution < -0.4 is 20.3 Å². The Balaban J connectivity index is 1.27. The van der Waals surface area contributed by atoms with Crippen LogP contribution in [-0.4, -0.2) is 67.9 Å². The Morgan fingerprint density at radius 1 is 1.02 bits per heavy atom. The minimum atomic E-state index is -3.50. The zero-order valence-corrected chi connectivity index (χ0v) is 26.2. The molecule has 2 N–H and O–H groups in total.